The zero-order valence-corrected chi connectivity index (χ0v) is 11.4. The van der Waals surface area contributed by atoms with Gasteiger partial charge in [-0.05, 0) is 12.1 Å². The molecule has 0 bridgehead atoms. The van der Waals surface area contributed by atoms with E-state index in [1.807, 2.05) is 0 Å². The van der Waals surface area contributed by atoms with Crippen molar-refractivity contribution in [1.82, 2.24) is 9.88 Å². The summed E-state index contributed by atoms with van der Waals surface area (Å²) in [5, 5.41) is 26.2. The van der Waals surface area contributed by atoms with Gasteiger partial charge in [0.25, 0.3) is 5.91 Å². The third kappa shape index (κ3) is 5.19. The van der Waals surface area contributed by atoms with Crippen LogP contribution in [-0.2, 0) is 9.59 Å². The van der Waals surface area contributed by atoms with Gasteiger partial charge >= 0.3 is 17.9 Å². The lowest BCUT2D eigenvalue weighted by atomic mass is 10.2. The molecule has 0 atom stereocenters. The van der Waals surface area contributed by atoms with Crippen molar-refractivity contribution < 1.29 is 34.5 Å². The van der Waals surface area contributed by atoms with Crippen LogP contribution in [-0.4, -0.2) is 62.1 Å². The van der Waals surface area contributed by atoms with Crippen molar-refractivity contribution in [2.45, 2.75) is 12.8 Å². The molecule has 0 radical (unpaired) electrons. The lowest BCUT2D eigenvalue weighted by Crippen LogP contribution is -2.35. The number of hydrogen-bond acceptors (Lipinski definition) is 5. The molecule has 0 spiro atoms. The van der Waals surface area contributed by atoms with E-state index in [0.717, 1.165) is 17.2 Å². The van der Waals surface area contributed by atoms with Crippen LogP contribution in [0.4, 0.5) is 0 Å². The number of rotatable bonds is 8. The number of carbonyl (C=O) groups is 4. The fraction of sp³-hybridized carbons (Fsp3) is 0.308. The smallest absolute Gasteiger partial charge is 0.335 e. The molecule has 0 saturated heterocycles. The predicted octanol–water partition coefficient (Wildman–Crippen LogP) is 0.171. The summed E-state index contributed by atoms with van der Waals surface area (Å²) >= 11 is 0. The van der Waals surface area contributed by atoms with Crippen molar-refractivity contribution >= 4 is 23.8 Å². The molecule has 0 fully saturated rings. The largest absolute Gasteiger partial charge is 0.481 e. The van der Waals surface area contributed by atoms with Gasteiger partial charge in [0.15, 0.2) is 0 Å². The monoisotopic (exact) mass is 310 g/mol. The standard InChI is InChI=1S/C13H14N2O7/c16-10(17)2-5-15(6-3-11(18)19)12(20)9-7-8(13(21)22)1-4-14-9/h1,4,7H,2-3,5-6H2,(H,16,17)(H,18,19)(H,21,22). The number of aromatic carboxylic acids is 1. The summed E-state index contributed by atoms with van der Waals surface area (Å²) in [7, 11) is 0. The number of aliphatic carboxylic acids is 2. The summed E-state index contributed by atoms with van der Waals surface area (Å²) < 4.78 is 0. The highest BCUT2D eigenvalue weighted by Gasteiger charge is 2.20. The highest BCUT2D eigenvalue weighted by molar-refractivity contribution is 5.96. The Hall–Kier alpha value is -2.97. The van der Waals surface area contributed by atoms with Gasteiger partial charge in [0.1, 0.15) is 5.69 Å². The Morgan fingerprint density at radius 2 is 1.55 bits per heavy atom. The summed E-state index contributed by atoms with van der Waals surface area (Å²) in [5.74, 6) is -4.23. The molecule has 1 aromatic rings. The molecule has 1 heterocycles. The molecule has 0 aliphatic carbocycles. The van der Waals surface area contributed by atoms with Crippen LogP contribution in [0.25, 0.3) is 0 Å². The third-order valence-electron chi connectivity index (χ3n) is 2.70. The van der Waals surface area contributed by atoms with Crippen LogP contribution >= 0.6 is 0 Å². The van der Waals surface area contributed by atoms with Crippen LogP contribution in [0.5, 0.6) is 0 Å². The van der Waals surface area contributed by atoms with E-state index < -0.39 is 23.8 Å². The van der Waals surface area contributed by atoms with Gasteiger partial charge in [-0.15, -0.1) is 0 Å². The second-order valence-corrected chi connectivity index (χ2v) is 4.31. The first-order chi connectivity index (χ1) is 10.3. The minimum absolute atomic E-state index is 0.144. The van der Waals surface area contributed by atoms with Crippen molar-refractivity contribution in [3.8, 4) is 0 Å². The second-order valence-electron chi connectivity index (χ2n) is 4.31. The third-order valence-corrected chi connectivity index (χ3v) is 2.70. The maximum atomic E-state index is 12.2. The number of carboxylic acid groups (broad SMARTS) is 3. The number of nitrogens with zero attached hydrogens (tertiary/aromatic N) is 2. The van der Waals surface area contributed by atoms with Gasteiger partial charge < -0.3 is 20.2 Å². The SMILES string of the molecule is O=C(O)CCN(CCC(=O)O)C(=O)c1cc(C(=O)O)ccn1. The molecule has 1 rings (SSSR count). The van der Waals surface area contributed by atoms with E-state index >= 15 is 0 Å². The van der Waals surface area contributed by atoms with Gasteiger partial charge in [0, 0.05) is 19.3 Å². The lowest BCUT2D eigenvalue weighted by Gasteiger charge is -2.20. The van der Waals surface area contributed by atoms with Crippen LogP contribution in [0, 0.1) is 0 Å². The topological polar surface area (TPSA) is 145 Å². The van der Waals surface area contributed by atoms with Crippen molar-refractivity contribution in [1.29, 1.82) is 0 Å². The van der Waals surface area contributed by atoms with Gasteiger partial charge in [-0.25, -0.2) is 4.79 Å². The number of hydrogen-bond donors (Lipinski definition) is 3. The molecule has 0 aromatic carbocycles. The Morgan fingerprint density at radius 3 is 2.00 bits per heavy atom. The number of amides is 1. The first kappa shape index (κ1) is 17.1. The molecule has 0 unspecified atom stereocenters. The molecule has 9 nitrogen and oxygen atoms in total. The number of aromatic nitrogens is 1. The van der Waals surface area contributed by atoms with E-state index in [9.17, 15) is 19.2 Å². The predicted molar refractivity (Wildman–Crippen MR) is 71.6 cm³/mol. The van der Waals surface area contributed by atoms with Gasteiger partial charge in [-0.1, -0.05) is 0 Å². The number of carbonyl (C=O) groups excluding carboxylic acids is 1. The Balaban J connectivity index is 2.93. The van der Waals surface area contributed by atoms with Gasteiger partial charge in [-0.3, -0.25) is 19.4 Å². The van der Waals surface area contributed by atoms with E-state index in [1.54, 1.807) is 0 Å². The van der Waals surface area contributed by atoms with Gasteiger partial charge in [-0.2, -0.15) is 0 Å². The van der Waals surface area contributed by atoms with E-state index in [-0.39, 0.29) is 37.2 Å². The van der Waals surface area contributed by atoms with Crippen LogP contribution in [0.3, 0.4) is 0 Å². The minimum Gasteiger partial charge on any atom is -0.481 e. The van der Waals surface area contributed by atoms with Crippen molar-refractivity contribution in [2.24, 2.45) is 0 Å². The Morgan fingerprint density at radius 1 is 1.00 bits per heavy atom. The van der Waals surface area contributed by atoms with E-state index in [2.05, 4.69) is 4.98 Å². The first-order valence-electron chi connectivity index (χ1n) is 6.23. The highest BCUT2D eigenvalue weighted by atomic mass is 16.4. The van der Waals surface area contributed by atoms with E-state index in [4.69, 9.17) is 15.3 Å². The molecular formula is C13H14N2O7. The number of carboxylic acids is 3. The molecule has 0 saturated carbocycles. The second kappa shape index (κ2) is 7.72. The van der Waals surface area contributed by atoms with Crippen LogP contribution in [0.1, 0.15) is 33.7 Å². The Bertz CT molecular complexity index is 582. The van der Waals surface area contributed by atoms with Crippen LogP contribution < -0.4 is 0 Å². The molecule has 118 valence electrons. The molecule has 0 aliphatic heterocycles. The lowest BCUT2D eigenvalue weighted by molar-refractivity contribution is -0.137. The fourth-order valence-corrected chi connectivity index (χ4v) is 1.62. The normalized spacial score (nSPS) is 10.0. The van der Waals surface area contributed by atoms with Gasteiger partial charge in [0.05, 0.1) is 18.4 Å². The molecular weight excluding hydrogens is 296 g/mol. The van der Waals surface area contributed by atoms with Crippen LogP contribution in [0.15, 0.2) is 18.3 Å². The summed E-state index contributed by atoms with van der Waals surface area (Å²) in [6, 6.07) is 2.26. The summed E-state index contributed by atoms with van der Waals surface area (Å²) in [4.78, 5) is 49.1. The molecule has 22 heavy (non-hydrogen) atoms. The van der Waals surface area contributed by atoms with E-state index in [1.165, 1.54) is 6.07 Å². The maximum Gasteiger partial charge on any atom is 0.335 e. The average Bonchev–Trinajstić information content (AvgIpc) is 2.46. The average molecular weight is 310 g/mol. The minimum atomic E-state index is -1.24. The van der Waals surface area contributed by atoms with Crippen molar-refractivity contribution in [3.63, 3.8) is 0 Å². The Labute approximate surface area is 124 Å². The number of pyridine rings is 1. The fourth-order valence-electron chi connectivity index (χ4n) is 1.62. The maximum absolute atomic E-state index is 12.2. The molecule has 9 heteroatoms. The molecule has 1 amide bonds. The zero-order chi connectivity index (χ0) is 16.7. The summed E-state index contributed by atoms with van der Waals surface area (Å²) in [6.45, 7) is -0.388. The quantitative estimate of drug-likeness (QED) is 0.616. The van der Waals surface area contributed by atoms with Gasteiger partial charge in [0.2, 0.25) is 0 Å². The Kier molecular flexibility index (Phi) is 5.99. The van der Waals surface area contributed by atoms with E-state index in [0.29, 0.717) is 0 Å². The molecule has 1 aromatic heterocycles. The zero-order valence-electron chi connectivity index (χ0n) is 11.4. The van der Waals surface area contributed by atoms with Crippen molar-refractivity contribution in [2.75, 3.05) is 13.1 Å². The summed E-state index contributed by atoms with van der Waals surface area (Å²) in [5.41, 5.74) is -0.328. The first-order valence-corrected chi connectivity index (χ1v) is 6.23. The highest BCUT2D eigenvalue weighted by Crippen LogP contribution is 2.07. The van der Waals surface area contributed by atoms with Crippen molar-refractivity contribution in [3.05, 3.63) is 29.6 Å². The van der Waals surface area contributed by atoms with Crippen LogP contribution in [0.2, 0.25) is 0 Å². The molecule has 0 aliphatic rings. The molecule has 3 N–H and O–H groups in total. The summed E-state index contributed by atoms with van der Waals surface area (Å²) in [6.07, 6.45) is 0.428.